The standard InChI is InChI=1S/C13H14BrIN2O2/c14-9-1-2-11(15)10(7-9)13(19)17-5-3-8(4-6-17)12(16)18/h1-2,7-8H,3-6H2,(H2,16,18). The number of halogens is 2. The van der Waals surface area contributed by atoms with E-state index < -0.39 is 0 Å². The van der Waals surface area contributed by atoms with Gasteiger partial charge in [-0.3, -0.25) is 9.59 Å². The molecule has 102 valence electrons. The molecule has 6 heteroatoms. The number of carbonyl (C=O) groups excluding carboxylic acids is 2. The van der Waals surface area contributed by atoms with E-state index in [0.29, 0.717) is 31.5 Å². The summed E-state index contributed by atoms with van der Waals surface area (Å²) in [5.74, 6) is -0.330. The van der Waals surface area contributed by atoms with Crippen molar-refractivity contribution in [3.8, 4) is 0 Å². The van der Waals surface area contributed by atoms with Crippen molar-refractivity contribution in [2.45, 2.75) is 12.8 Å². The molecular formula is C13H14BrIN2O2. The van der Waals surface area contributed by atoms with Crippen LogP contribution < -0.4 is 5.73 Å². The van der Waals surface area contributed by atoms with Crippen molar-refractivity contribution in [3.63, 3.8) is 0 Å². The van der Waals surface area contributed by atoms with E-state index in [0.717, 1.165) is 8.04 Å². The van der Waals surface area contributed by atoms with E-state index in [1.54, 1.807) is 4.90 Å². The van der Waals surface area contributed by atoms with Crippen LogP contribution in [0, 0.1) is 9.49 Å². The van der Waals surface area contributed by atoms with Gasteiger partial charge in [-0.2, -0.15) is 0 Å². The quantitative estimate of drug-likeness (QED) is 0.723. The Labute approximate surface area is 134 Å². The molecular weight excluding hydrogens is 423 g/mol. The molecule has 2 N–H and O–H groups in total. The van der Waals surface area contributed by atoms with Crippen LogP contribution in [0.5, 0.6) is 0 Å². The molecule has 2 rings (SSSR count). The summed E-state index contributed by atoms with van der Waals surface area (Å²) in [5, 5.41) is 0. The van der Waals surface area contributed by atoms with Crippen LogP contribution in [-0.2, 0) is 4.79 Å². The van der Waals surface area contributed by atoms with Crippen LogP contribution in [0.15, 0.2) is 22.7 Å². The largest absolute Gasteiger partial charge is 0.369 e. The summed E-state index contributed by atoms with van der Waals surface area (Å²) in [6, 6.07) is 5.66. The summed E-state index contributed by atoms with van der Waals surface area (Å²) < 4.78 is 1.83. The first-order valence-electron chi connectivity index (χ1n) is 6.02. The predicted molar refractivity (Wildman–Crippen MR) is 84.7 cm³/mol. The first-order valence-corrected chi connectivity index (χ1v) is 7.90. The molecule has 1 saturated heterocycles. The van der Waals surface area contributed by atoms with Gasteiger partial charge in [-0.15, -0.1) is 0 Å². The lowest BCUT2D eigenvalue weighted by Crippen LogP contribution is -2.41. The highest BCUT2D eigenvalue weighted by molar-refractivity contribution is 14.1. The normalized spacial score (nSPS) is 16.4. The van der Waals surface area contributed by atoms with E-state index in [4.69, 9.17) is 5.73 Å². The fourth-order valence-corrected chi connectivity index (χ4v) is 3.13. The highest BCUT2D eigenvalue weighted by atomic mass is 127. The average molecular weight is 437 g/mol. The molecule has 1 heterocycles. The first kappa shape index (κ1) is 14.8. The summed E-state index contributed by atoms with van der Waals surface area (Å²) in [6.45, 7) is 1.18. The van der Waals surface area contributed by atoms with Crippen molar-refractivity contribution < 1.29 is 9.59 Å². The van der Waals surface area contributed by atoms with Crippen molar-refractivity contribution in [1.82, 2.24) is 4.90 Å². The number of carbonyl (C=O) groups is 2. The van der Waals surface area contributed by atoms with Crippen LogP contribution in [0.1, 0.15) is 23.2 Å². The van der Waals surface area contributed by atoms with Crippen LogP contribution in [0.25, 0.3) is 0 Å². The number of nitrogens with two attached hydrogens (primary N) is 1. The number of amides is 2. The van der Waals surface area contributed by atoms with Gasteiger partial charge in [0.05, 0.1) is 5.56 Å². The maximum Gasteiger partial charge on any atom is 0.254 e. The SMILES string of the molecule is NC(=O)C1CCN(C(=O)c2cc(Br)ccc2I)CC1. The topological polar surface area (TPSA) is 63.4 Å². The van der Waals surface area contributed by atoms with Crippen LogP contribution >= 0.6 is 38.5 Å². The van der Waals surface area contributed by atoms with Gasteiger partial charge in [-0.05, 0) is 53.6 Å². The fourth-order valence-electron chi connectivity index (χ4n) is 2.20. The van der Waals surface area contributed by atoms with Gasteiger partial charge in [-0.1, -0.05) is 15.9 Å². The molecule has 0 aromatic heterocycles. The predicted octanol–water partition coefficient (Wildman–Crippen LogP) is 2.39. The number of primary amides is 1. The third-order valence-electron chi connectivity index (χ3n) is 3.34. The van der Waals surface area contributed by atoms with Crippen molar-refractivity contribution in [1.29, 1.82) is 0 Å². The van der Waals surface area contributed by atoms with Gasteiger partial charge < -0.3 is 10.6 Å². The molecule has 1 aromatic rings. The number of hydrogen-bond acceptors (Lipinski definition) is 2. The van der Waals surface area contributed by atoms with E-state index in [-0.39, 0.29) is 17.7 Å². The molecule has 0 radical (unpaired) electrons. The highest BCUT2D eigenvalue weighted by Gasteiger charge is 2.27. The second-order valence-corrected chi connectivity index (χ2v) is 6.67. The minimum atomic E-state index is -0.260. The van der Waals surface area contributed by atoms with Crippen molar-refractivity contribution >= 4 is 50.3 Å². The Hall–Kier alpha value is -0.630. The van der Waals surface area contributed by atoms with Gasteiger partial charge in [0, 0.05) is 27.1 Å². The molecule has 2 amide bonds. The molecule has 1 fully saturated rings. The van der Waals surface area contributed by atoms with E-state index in [9.17, 15) is 9.59 Å². The van der Waals surface area contributed by atoms with Gasteiger partial charge in [0.25, 0.3) is 5.91 Å². The van der Waals surface area contributed by atoms with Crippen LogP contribution in [0.3, 0.4) is 0 Å². The van der Waals surface area contributed by atoms with E-state index >= 15 is 0 Å². The molecule has 0 unspecified atom stereocenters. The molecule has 0 saturated carbocycles. The van der Waals surface area contributed by atoms with Crippen LogP contribution in [-0.4, -0.2) is 29.8 Å². The monoisotopic (exact) mass is 436 g/mol. The van der Waals surface area contributed by atoms with Gasteiger partial charge in [-0.25, -0.2) is 0 Å². The lowest BCUT2D eigenvalue weighted by Gasteiger charge is -2.30. The Balaban J connectivity index is 2.09. The maximum absolute atomic E-state index is 12.4. The Morgan fingerprint density at radius 2 is 1.95 bits per heavy atom. The lowest BCUT2D eigenvalue weighted by molar-refractivity contribution is -0.123. The minimum Gasteiger partial charge on any atom is -0.369 e. The molecule has 1 aliphatic heterocycles. The smallest absolute Gasteiger partial charge is 0.254 e. The maximum atomic E-state index is 12.4. The number of piperidine rings is 1. The lowest BCUT2D eigenvalue weighted by atomic mass is 9.96. The first-order chi connectivity index (χ1) is 8.99. The van der Waals surface area contributed by atoms with Crippen molar-refractivity contribution in [2.75, 3.05) is 13.1 Å². The number of nitrogens with zero attached hydrogens (tertiary/aromatic N) is 1. The molecule has 0 aliphatic carbocycles. The zero-order valence-corrected chi connectivity index (χ0v) is 14.0. The minimum absolute atomic E-state index is 0.0219. The Morgan fingerprint density at radius 3 is 2.53 bits per heavy atom. The van der Waals surface area contributed by atoms with Gasteiger partial charge in [0.15, 0.2) is 0 Å². The molecule has 4 nitrogen and oxygen atoms in total. The fraction of sp³-hybridized carbons (Fsp3) is 0.385. The number of rotatable bonds is 2. The van der Waals surface area contributed by atoms with Crippen molar-refractivity contribution in [3.05, 3.63) is 31.8 Å². The summed E-state index contributed by atoms with van der Waals surface area (Å²) in [6.07, 6.45) is 1.32. The molecule has 0 spiro atoms. The molecule has 1 aromatic carbocycles. The Morgan fingerprint density at radius 1 is 1.32 bits per heavy atom. The molecule has 0 atom stereocenters. The zero-order valence-electron chi connectivity index (χ0n) is 10.2. The number of hydrogen-bond donors (Lipinski definition) is 1. The molecule has 19 heavy (non-hydrogen) atoms. The second-order valence-electron chi connectivity index (χ2n) is 4.59. The van der Waals surface area contributed by atoms with E-state index in [1.807, 2.05) is 18.2 Å². The summed E-state index contributed by atoms with van der Waals surface area (Å²) in [5.41, 5.74) is 6.00. The van der Waals surface area contributed by atoms with Crippen LogP contribution in [0.4, 0.5) is 0 Å². The third-order valence-corrected chi connectivity index (χ3v) is 4.78. The summed E-state index contributed by atoms with van der Waals surface area (Å²) >= 11 is 5.54. The third kappa shape index (κ3) is 3.47. The average Bonchev–Trinajstić information content (AvgIpc) is 2.41. The zero-order chi connectivity index (χ0) is 14.0. The second kappa shape index (κ2) is 6.21. The number of benzene rings is 1. The van der Waals surface area contributed by atoms with E-state index in [2.05, 4.69) is 38.5 Å². The molecule has 0 bridgehead atoms. The van der Waals surface area contributed by atoms with E-state index in [1.165, 1.54) is 0 Å². The number of likely N-dealkylation sites (tertiary alicyclic amines) is 1. The van der Waals surface area contributed by atoms with Crippen molar-refractivity contribution in [2.24, 2.45) is 11.7 Å². The van der Waals surface area contributed by atoms with Gasteiger partial charge in [0.2, 0.25) is 5.91 Å². The van der Waals surface area contributed by atoms with Crippen LogP contribution in [0.2, 0.25) is 0 Å². The highest BCUT2D eigenvalue weighted by Crippen LogP contribution is 2.23. The summed E-state index contributed by atoms with van der Waals surface area (Å²) in [4.78, 5) is 25.3. The Bertz CT molecular complexity index is 513. The van der Waals surface area contributed by atoms with Gasteiger partial charge >= 0.3 is 0 Å². The summed E-state index contributed by atoms with van der Waals surface area (Å²) in [7, 11) is 0. The van der Waals surface area contributed by atoms with Gasteiger partial charge in [0.1, 0.15) is 0 Å². The molecule has 1 aliphatic rings. The Kier molecular flexibility index (Phi) is 4.83.